The molecule has 2 heterocycles. The number of aromatic nitrogens is 2. The number of hydrogen-bond donors (Lipinski definition) is 0. The third-order valence-corrected chi connectivity index (χ3v) is 21.8. The van der Waals surface area contributed by atoms with E-state index in [1.165, 1.54) is 265 Å². The Hall–Kier alpha value is -8.40. The number of hydrogen-bond acceptors (Lipinski definition) is 1. The molecule has 0 N–H and O–H groups in total. The number of benzene rings is 10. The molecule has 0 atom stereocenters. The zero-order chi connectivity index (χ0) is 65.8. The summed E-state index contributed by atoms with van der Waals surface area (Å²) in [6.07, 6.45) is 34.7. The molecule has 1 aliphatic rings. The minimum atomic E-state index is 0.0251. The van der Waals surface area contributed by atoms with Crippen LogP contribution in [0.15, 0.2) is 212 Å². The summed E-state index contributed by atoms with van der Waals surface area (Å²) in [5.41, 5.74) is 27.2. The highest BCUT2D eigenvalue weighted by Crippen LogP contribution is 2.56. The number of aryl methyl sites for hydroxylation is 4. The van der Waals surface area contributed by atoms with Crippen molar-refractivity contribution in [3.63, 3.8) is 0 Å². The van der Waals surface area contributed by atoms with Gasteiger partial charge in [-0.3, -0.25) is 0 Å². The van der Waals surface area contributed by atoms with Crippen LogP contribution >= 0.6 is 0 Å². The first-order valence-electron chi connectivity index (χ1n) is 37.8. The third kappa shape index (κ3) is 14.2. The standard InChI is InChI=1S/C93H105N3/c1-7-10-13-15-17-19-21-23-25-32-61-93(62-33-26-24-22-20-18-16-14-11-8-2)87-63-69(5)41-58-80(87)86-64-70(6)85(67-88(86)93)73-46-55-77(56-47-73)94(75-49-39-68(4)40-50-75)76-53-44-72(45-54-76)74-48-59-83-81-35-29-31-38-90(81)96(91(83)65-74)79-57-60-84-82-36-28-30-37-89(82)95(92(84)66-79)78-51-42-71(43-52-78)34-27-12-9-3/h28-31,35-60,63-67H,7-27,32-34,61-62H2,1-6H3. The Morgan fingerprint density at radius 1 is 0.302 bits per heavy atom. The summed E-state index contributed by atoms with van der Waals surface area (Å²) < 4.78 is 4.96. The molecule has 0 bridgehead atoms. The van der Waals surface area contributed by atoms with Crippen molar-refractivity contribution in [2.75, 3.05) is 4.90 Å². The molecule has 2 aromatic heterocycles. The molecular formula is C93H105N3. The van der Waals surface area contributed by atoms with Crippen molar-refractivity contribution in [2.45, 2.75) is 214 Å². The second-order valence-corrected chi connectivity index (χ2v) is 28.7. The Morgan fingerprint density at radius 2 is 0.740 bits per heavy atom. The Balaban J connectivity index is 0.801. The molecular weight excluding hydrogens is 1160 g/mol. The Labute approximate surface area is 575 Å². The van der Waals surface area contributed by atoms with Crippen LogP contribution in [0.4, 0.5) is 17.1 Å². The zero-order valence-corrected chi connectivity index (χ0v) is 58.9. The van der Waals surface area contributed by atoms with Gasteiger partial charge >= 0.3 is 0 Å². The molecule has 12 aromatic rings. The molecule has 96 heavy (non-hydrogen) atoms. The summed E-state index contributed by atoms with van der Waals surface area (Å²) in [5.74, 6) is 0. The van der Waals surface area contributed by atoms with Crippen molar-refractivity contribution in [1.29, 1.82) is 0 Å². The Bertz CT molecular complexity index is 4510. The summed E-state index contributed by atoms with van der Waals surface area (Å²) in [7, 11) is 0. The van der Waals surface area contributed by atoms with Gasteiger partial charge < -0.3 is 14.0 Å². The van der Waals surface area contributed by atoms with Gasteiger partial charge in [0.1, 0.15) is 0 Å². The van der Waals surface area contributed by atoms with Crippen molar-refractivity contribution in [2.24, 2.45) is 0 Å². The number of unbranched alkanes of at least 4 members (excludes halogenated alkanes) is 20. The van der Waals surface area contributed by atoms with Gasteiger partial charge in [-0.1, -0.05) is 301 Å². The van der Waals surface area contributed by atoms with Crippen molar-refractivity contribution in [3.05, 3.63) is 246 Å². The maximum atomic E-state index is 2.67. The predicted molar refractivity (Wildman–Crippen MR) is 417 cm³/mol. The van der Waals surface area contributed by atoms with E-state index < -0.39 is 0 Å². The Kier molecular flexibility index (Phi) is 21.5. The van der Waals surface area contributed by atoms with Crippen LogP contribution in [0.25, 0.3) is 88.4 Å². The van der Waals surface area contributed by atoms with E-state index in [-0.39, 0.29) is 5.41 Å². The first-order chi connectivity index (χ1) is 47.2. The molecule has 0 saturated carbocycles. The quantitative estimate of drug-likeness (QED) is 0.0374. The highest BCUT2D eigenvalue weighted by atomic mass is 15.1. The van der Waals surface area contributed by atoms with Gasteiger partial charge in [0.15, 0.2) is 0 Å². The molecule has 13 rings (SSSR count). The van der Waals surface area contributed by atoms with Crippen LogP contribution in [-0.4, -0.2) is 9.13 Å². The fourth-order valence-electron chi connectivity index (χ4n) is 16.5. The second kappa shape index (κ2) is 31.2. The predicted octanol–water partition coefficient (Wildman–Crippen LogP) is 28.2. The third-order valence-electron chi connectivity index (χ3n) is 21.8. The lowest BCUT2D eigenvalue weighted by atomic mass is 9.70. The lowest BCUT2D eigenvalue weighted by molar-refractivity contribution is 0.396. The van der Waals surface area contributed by atoms with Gasteiger partial charge in [0.25, 0.3) is 0 Å². The van der Waals surface area contributed by atoms with E-state index in [9.17, 15) is 0 Å². The average Bonchev–Trinajstić information content (AvgIpc) is 1.57. The zero-order valence-electron chi connectivity index (χ0n) is 58.9. The first-order valence-corrected chi connectivity index (χ1v) is 37.8. The molecule has 3 heteroatoms. The number of nitrogens with zero attached hydrogens (tertiary/aromatic N) is 3. The molecule has 0 amide bonds. The van der Waals surface area contributed by atoms with Crippen molar-refractivity contribution < 1.29 is 0 Å². The van der Waals surface area contributed by atoms with Crippen molar-refractivity contribution in [1.82, 2.24) is 9.13 Å². The molecule has 0 spiro atoms. The van der Waals surface area contributed by atoms with E-state index in [0.717, 1.165) is 29.2 Å². The van der Waals surface area contributed by atoms with Gasteiger partial charge in [0.05, 0.1) is 22.1 Å². The number of anilines is 3. The van der Waals surface area contributed by atoms with E-state index in [1.54, 1.807) is 11.1 Å². The molecule has 3 nitrogen and oxygen atoms in total. The molecule has 1 aliphatic carbocycles. The maximum absolute atomic E-state index is 2.67. The largest absolute Gasteiger partial charge is 0.311 e. The fraction of sp³-hybridized carbons (Fsp3) is 0.355. The highest BCUT2D eigenvalue weighted by Gasteiger charge is 2.43. The summed E-state index contributed by atoms with van der Waals surface area (Å²) in [6.45, 7) is 13.8. The summed E-state index contributed by atoms with van der Waals surface area (Å²) in [6, 6.07) is 81.8. The smallest absolute Gasteiger partial charge is 0.0561 e. The van der Waals surface area contributed by atoms with Gasteiger partial charge in [0.2, 0.25) is 0 Å². The summed E-state index contributed by atoms with van der Waals surface area (Å²) in [4.78, 5) is 2.43. The molecule has 10 aromatic carbocycles. The average molecular weight is 1260 g/mol. The lowest BCUT2D eigenvalue weighted by Crippen LogP contribution is -2.26. The first kappa shape index (κ1) is 66.2. The number of fused-ring (bicyclic) bond motifs is 9. The molecule has 0 saturated heterocycles. The minimum absolute atomic E-state index is 0.0251. The summed E-state index contributed by atoms with van der Waals surface area (Å²) in [5, 5.41) is 5.05. The second-order valence-electron chi connectivity index (χ2n) is 28.7. The minimum Gasteiger partial charge on any atom is -0.311 e. The fourth-order valence-corrected chi connectivity index (χ4v) is 16.5. The van der Waals surface area contributed by atoms with Gasteiger partial charge in [0, 0.05) is 55.4 Å². The molecule has 0 fully saturated rings. The SMILES string of the molecule is CCCCCCCCCCCCC1(CCCCCCCCCCCC)c2cc(C)ccc2-c2cc(C)c(-c3ccc(N(c4ccc(C)cc4)c4ccc(-c5ccc6c7ccccc7n(-c7ccc8c9ccccc9n(-c9ccc(CCCCC)cc9)c8c7)c6c5)cc4)cc3)cc21. The van der Waals surface area contributed by atoms with E-state index in [1.807, 2.05) is 0 Å². The van der Waals surface area contributed by atoms with E-state index >= 15 is 0 Å². The van der Waals surface area contributed by atoms with Gasteiger partial charge in [-0.25, -0.2) is 0 Å². The van der Waals surface area contributed by atoms with Crippen LogP contribution in [0.1, 0.15) is 215 Å². The lowest BCUT2D eigenvalue weighted by Gasteiger charge is -2.33. The normalized spacial score (nSPS) is 12.6. The van der Waals surface area contributed by atoms with Gasteiger partial charge in [-0.2, -0.15) is 0 Å². The van der Waals surface area contributed by atoms with Gasteiger partial charge in [-0.15, -0.1) is 0 Å². The molecule has 0 radical (unpaired) electrons. The van der Waals surface area contributed by atoms with E-state index in [0.29, 0.717) is 0 Å². The van der Waals surface area contributed by atoms with E-state index in [2.05, 4.69) is 268 Å². The van der Waals surface area contributed by atoms with Crippen LogP contribution in [0.5, 0.6) is 0 Å². The van der Waals surface area contributed by atoms with Crippen LogP contribution in [0.2, 0.25) is 0 Å². The molecule has 492 valence electrons. The monoisotopic (exact) mass is 1260 g/mol. The Morgan fingerprint density at radius 3 is 1.31 bits per heavy atom. The van der Waals surface area contributed by atoms with Crippen LogP contribution in [0.3, 0.4) is 0 Å². The van der Waals surface area contributed by atoms with Gasteiger partial charge in [-0.05, 0) is 187 Å². The van der Waals surface area contributed by atoms with Crippen LogP contribution in [-0.2, 0) is 11.8 Å². The molecule has 0 unspecified atom stereocenters. The number of rotatable bonds is 33. The van der Waals surface area contributed by atoms with Crippen LogP contribution in [0, 0.1) is 20.8 Å². The highest BCUT2D eigenvalue weighted by molar-refractivity contribution is 6.12. The van der Waals surface area contributed by atoms with Crippen molar-refractivity contribution in [3.8, 4) is 44.8 Å². The topological polar surface area (TPSA) is 13.1 Å². The van der Waals surface area contributed by atoms with Crippen molar-refractivity contribution >= 4 is 60.7 Å². The number of para-hydroxylation sites is 2. The summed E-state index contributed by atoms with van der Waals surface area (Å²) >= 11 is 0. The molecule has 0 aliphatic heterocycles. The van der Waals surface area contributed by atoms with E-state index in [4.69, 9.17) is 0 Å². The van der Waals surface area contributed by atoms with Crippen LogP contribution < -0.4 is 4.90 Å². The maximum Gasteiger partial charge on any atom is 0.0561 e.